The fourth-order valence-corrected chi connectivity index (χ4v) is 3.70. The van der Waals surface area contributed by atoms with Crippen molar-refractivity contribution in [2.75, 3.05) is 27.2 Å². The molecule has 7 heteroatoms. The number of aliphatic imine (C=N–C) groups is 1. The third kappa shape index (κ3) is 5.07. The number of hydrogen-bond acceptors (Lipinski definition) is 4. The lowest BCUT2D eigenvalue weighted by Crippen LogP contribution is -2.40. The Morgan fingerprint density at radius 2 is 2.13 bits per heavy atom. The molecule has 1 saturated heterocycles. The highest BCUT2D eigenvalue weighted by Crippen LogP contribution is 2.24. The summed E-state index contributed by atoms with van der Waals surface area (Å²) in [5, 5.41) is 3.40. The molecule has 0 amide bonds. The van der Waals surface area contributed by atoms with Gasteiger partial charge in [-0.05, 0) is 24.5 Å². The van der Waals surface area contributed by atoms with Crippen molar-refractivity contribution in [3.63, 3.8) is 0 Å². The van der Waals surface area contributed by atoms with Gasteiger partial charge in [-0.15, -0.1) is 35.3 Å². The number of likely N-dealkylation sites (tertiary alicyclic amines) is 1. The first-order chi connectivity index (χ1) is 10.6. The smallest absolute Gasteiger partial charge is 0.310 e. The summed E-state index contributed by atoms with van der Waals surface area (Å²) in [6.45, 7) is 6.51. The van der Waals surface area contributed by atoms with E-state index in [4.69, 9.17) is 4.74 Å². The maximum Gasteiger partial charge on any atom is 0.310 e. The van der Waals surface area contributed by atoms with Crippen molar-refractivity contribution in [3.05, 3.63) is 21.9 Å². The Morgan fingerprint density at radius 3 is 2.70 bits per heavy atom. The highest BCUT2D eigenvalue weighted by atomic mass is 127. The fourth-order valence-electron chi connectivity index (χ4n) is 2.80. The lowest BCUT2D eigenvalue weighted by molar-refractivity contribution is -0.145. The summed E-state index contributed by atoms with van der Waals surface area (Å²) in [4.78, 5) is 21.0. The summed E-state index contributed by atoms with van der Waals surface area (Å²) in [6, 6.07) is 4.34. The van der Waals surface area contributed by atoms with E-state index in [0.717, 1.165) is 25.5 Å². The lowest BCUT2D eigenvalue weighted by atomic mass is 9.99. The van der Waals surface area contributed by atoms with Gasteiger partial charge in [-0.2, -0.15) is 0 Å². The van der Waals surface area contributed by atoms with E-state index in [2.05, 4.69) is 41.2 Å². The number of methoxy groups -OCH3 is 1. The van der Waals surface area contributed by atoms with E-state index >= 15 is 0 Å². The topological polar surface area (TPSA) is 53.9 Å². The Hall–Kier alpha value is -0.830. The van der Waals surface area contributed by atoms with Crippen molar-refractivity contribution in [1.29, 1.82) is 0 Å². The van der Waals surface area contributed by atoms with Crippen LogP contribution in [-0.2, 0) is 22.5 Å². The first kappa shape index (κ1) is 20.2. The van der Waals surface area contributed by atoms with Crippen LogP contribution in [0, 0.1) is 11.8 Å². The van der Waals surface area contributed by atoms with Crippen LogP contribution in [0.15, 0.2) is 17.1 Å². The van der Waals surface area contributed by atoms with Crippen LogP contribution in [-0.4, -0.2) is 44.1 Å². The molecule has 0 radical (unpaired) electrons. The molecule has 2 atom stereocenters. The predicted octanol–water partition coefficient (Wildman–Crippen LogP) is 2.74. The minimum Gasteiger partial charge on any atom is -0.469 e. The molecule has 1 aliphatic heterocycles. The van der Waals surface area contributed by atoms with Gasteiger partial charge in [0.15, 0.2) is 5.96 Å². The van der Waals surface area contributed by atoms with Crippen LogP contribution in [0.25, 0.3) is 0 Å². The first-order valence-electron chi connectivity index (χ1n) is 7.70. The second-order valence-electron chi connectivity index (χ2n) is 5.63. The van der Waals surface area contributed by atoms with Crippen LogP contribution in [0.3, 0.4) is 0 Å². The van der Waals surface area contributed by atoms with E-state index in [9.17, 15) is 4.79 Å². The number of esters is 1. The van der Waals surface area contributed by atoms with Crippen LogP contribution in [0.4, 0.5) is 0 Å². The Bertz CT molecular complexity index is 547. The Kier molecular flexibility index (Phi) is 8.32. The van der Waals surface area contributed by atoms with E-state index in [1.54, 1.807) is 7.05 Å². The van der Waals surface area contributed by atoms with Crippen molar-refractivity contribution >= 4 is 47.2 Å². The normalized spacial score (nSPS) is 21.0. The molecule has 0 aromatic carbocycles. The summed E-state index contributed by atoms with van der Waals surface area (Å²) < 4.78 is 4.89. The van der Waals surface area contributed by atoms with Gasteiger partial charge in [-0.25, -0.2) is 0 Å². The van der Waals surface area contributed by atoms with Gasteiger partial charge in [0.25, 0.3) is 0 Å². The van der Waals surface area contributed by atoms with Crippen LogP contribution in [0.5, 0.6) is 0 Å². The third-order valence-electron chi connectivity index (χ3n) is 4.11. The monoisotopic (exact) mass is 451 g/mol. The molecule has 1 aromatic heterocycles. The standard InChI is InChI=1S/C16H25N3O2S.HI/c1-5-12-6-7-13(22-12)8-18-16(17-3)19-9-11(2)14(10-19)15(20)21-4;/h6-7,11,14H,5,8-10H2,1-4H3,(H,17,18);1H. The Labute approximate surface area is 159 Å². The van der Waals surface area contributed by atoms with Gasteiger partial charge < -0.3 is 15.0 Å². The molecule has 0 saturated carbocycles. The van der Waals surface area contributed by atoms with Gasteiger partial charge in [-0.1, -0.05) is 13.8 Å². The maximum absolute atomic E-state index is 11.8. The average molecular weight is 451 g/mol. The minimum absolute atomic E-state index is 0. The Morgan fingerprint density at radius 1 is 1.43 bits per heavy atom. The number of nitrogens with zero attached hydrogens (tertiary/aromatic N) is 2. The van der Waals surface area contributed by atoms with E-state index < -0.39 is 0 Å². The van der Waals surface area contributed by atoms with Crippen molar-refractivity contribution < 1.29 is 9.53 Å². The molecule has 2 rings (SSSR count). The van der Waals surface area contributed by atoms with Crippen LogP contribution >= 0.6 is 35.3 Å². The van der Waals surface area contributed by atoms with Crippen LogP contribution in [0.2, 0.25) is 0 Å². The molecule has 5 nitrogen and oxygen atoms in total. The van der Waals surface area contributed by atoms with Gasteiger partial charge in [-0.3, -0.25) is 9.79 Å². The maximum atomic E-state index is 11.8. The molecule has 1 aromatic rings. The number of rotatable bonds is 4. The molecule has 0 aliphatic carbocycles. The molecule has 0 spiro atoms. The zero-order chi connectivity index (χ0) is 16.1. The molecule has 0 bridgehead atoms. The van der Waals surface area contributed by atoms with Gasteiger partial charge in [0.1, 0.15) is 0 Å². The number of aryl methyl sites for hydroxylation is 1. The van der Waals surface area contributed by atoms with E-state index in [1.165, 1.54) is 16.9 Å². The summed E-state index contributed by atoms with van der Waals surface area (Å²) in [5.41, 5.74) is 0. The number of nitrogens with one attached hydrogen (secondary N) is 1. The van der Waals surface area contributed by atoms with Crippen LogP contribution in [0.1, 0.15) is 23.6 Å². The quantitative estimate of drug-likeness (QED) is 0.331. The molecular formula is C16H26IN3O2S. The van der Waals surface area contributed by atoms with E-state index in [-0.39, 0.29) is 41.8 Å². The number of thiophene rings is 1. The number of carbonyl (C=O) groups is 1. The second-order valence-corrected chi connectivity index (χ2v) is 6.89. The molecular weight excluding hydrogens is 425 g/mol. The minimum atomic E-state index is -0.128. The summed E-state index contributed by atoms with van der Waals surface area (Å²) in [6.07, 6.45) is 1.07. The lowest BCUT2D eigenvalue weighted by Gasteiger charge is -2.21. The number of carbonyl (C=O) groups excluding carboxylic acids is 1. The third-order valence-corrected chi connectivity index (χ3v) is 5.34. The van der Waals surface area contributed by atoms with Gasteiger partial charge in [0.2, 0.25) is 0 Å². The number of hydrogen-bond donors (Lipinski definition) is 1. The summed E-state index contributed by atoms with van der Waals surface area (Å²) >= 11 is 1.83. The first-order valence-corrected chi connectivity index (χ1v) is 8.51. The SMILES string of the molecule is CCc1ccc(CNC(=NC)N2CC(C)C(C(=O)OC)C2)s1.I. The molecule has 1 N–H and O–H groups in total. The summed E-state index contributed by atoms with van der Waals surface area (Å²) in [5.74, 6) is 0.928. The van der Waals surface area contributed by atoms with Gasteiger partial charge in [0.05, 0.1) is 19.6 Å². The number of ether oxygens (including phenoxy) is 1. The number of guanidine groups is 1. The average Bonchev–Trinajstić information content (AvgIpc) is 3.14. The highest BCUT2D eigenvalue weighted by molar-refractivity contribution is 14.0. The molecule has 1 fully saturated rings. The zero-order valence-electron chi connectivity index (χ0n) is 14.2. The molecule has 2 heterocycles. The second kappa shape index (κ2) is 9.46. The van der Waals surface area contributed by atoms with E-state index in [0.29, 0.717) is 6.54 Å². The van der Waals surface area contributed by atoms with Crippen LogP contribution < -0.4 is 5.32 Å². The van der Waals surface area contributed by atoms with Crippen molar-refractivity contribution in [3.8, 4) is 0 Å². The van der Waals surface area contributed by atoms with Crippen molar-refractivity contribution in [2.45, 2.75) is 26.8 Å². The molecule has 23 heavy (non-hydrogen) atoms. The van der Waals surface area contributed by atoms with Crippen molar-refractivity contribution in [1.82, 2.24) is 10.2 Å². The number of halogens is 1. The predicted molar refractivity (Wildman–Crippen MR) is 106 cm³/mol. The Balaban J connectivity index is 0.00000264. The largest absolute Gasteiger partial charge is 0.469 e. The zero-order valence-corrected chi connectivity index (χ0v) is 17.3. The molecule has 130 valence electrons. The highest BCUT2D eigenvalue weighted by Gasteiger charge is 2.36. The summed E-state index contributed by atoms with van der Waals surface area (Å²) in [7, 11) is 3.23. The van der Waals surface area contributed by atoms with Gasteiger partial charge in [0, 0.05) is 29.9 Å². The van der Waals surface area contributed by atoms with Gasteiger partial charge >= 0.3 is 5.97 Å². The molecule has 1 aliphatic rings. The van der Waals surface area contributed by atoms with Crippen molar-refractivity contribution in [2.24, 2.45) is 16.8 Å². The fraction of sp³-hybridized carbons (Fsp3) is 0.625. The molecule has 2 unspecified atom stereocenters. The van der Waals surface area contributed by atoms with E-state index in [1.807, 2.05) is 11.3 Å².